The molecule has 0 saturated carbocycles. The zero-order valence-electron chi connectivity index (χ0n) is 8.73. The number of hydrogen-bond donors (Lipinski definition) is 0. The summed E-state index contributed by atoms with van der Waals surface area (Å²) >= 11 is 1.34. The van der Waals surface area contributed by atoms with Crippen molar-refractivity contribution in [1.29, 1.82) is 0 Å². The zero-order valence-corrected chi connectivity index (χ0v) is 9.54. The van der Waals surface area contributed by atoms with Gasteiger partial charge in [0.1, 0.15) is 0 Å². The minimum atomic E-state index is 0.116. The predicted octanol–water partition coefficient (Wildman–Crippen LogP) is 2.61. The molecule has 1 aliphatic heterocycles. The number of carbonyl (C=O) groups is 1. The Morgan fingerprint density at radius 2 is 2.07 bits per heavy atom. The molecule has 0 spiro atoms. The van der Waals surface area contributed by atoms with E-state index >= 15 is 0 Å². The molecule has 0 bridgehead atoms. The predicted molar refractivity (Wildman–Crippen MR) is 62.4 cm³/mol. The summed E-state index contributed by atoms with van der Waals surface area (Å²) in [6, 6.07) is 3.95. The Labute approximate surface area is 93.2 Å². The first-order valence-corrected chi connectivity index (χ1v) is 5.69. The first-order chi connectivity index (χ1) is 7.20. The normalized spacial score (nSPS) is 17.2. The van der Waals surface area contributed by atoms with E-state index in [1.54, 1.807) is 17.3 Å². The highest BCUT2D eigenvalue weighted by Gasteiger charge is 2.21. The Morgan fingerprint density at radius 3 is 2.73 bits per heavy atom. The molecule has 4 heteroatoms. The average molecular weight is 220 g/mol. The third-order valence-corrected chi connectivity index (χ3v) is 3.54. The van der Waals surface area contributed by atoms with Crippen LogP contribution in [0.4, 0.5) is 4.79 Å². The lowest BCUT2D eigenvalue weighted by atomic mass is 10.1. The molecule has 0 aliphatic carbocycles. The van der Waals surface area contributed by atoms with Gasteiger partial charge in [0.15, 0.2) is 0 Å². The number of allylic oxidation sites excluding steroid dienone is 1. The molecular weight excluding hydrogens is 208 g/mol. The number of nitrogens with zero attached hydrogens (tertiary/aromatic N) is 2. The molecule has 78 valence electrons. The second-order valence-corrected chi connectivity index (χ2v) is 4.34. The van der Waals surface area contributed by atoms with E-state index in [-0.39, 0.29) is 5.24 Å². The smallest absolute Gasteiger partial charge is 0.285 e. The number of thioether (sulfide) groups is 1. The van der Waals surface area contributed by atoms with Crippen LogP contribution < -0.4 is 0 Å². The molecule has 1 aromatic rings. The van der Waals surface area contributed by atoms with E-state index in [4.69, 9.17) is 0 Å². The topological polar surface area (TPSA) is 33.2 Å². The Bertz CT molecular complexity index is 414. The summed E-state index contributed by atoms with van der Waals surface area (Å²) in [5, 5.41) is 0.116. The van der Waals surface area contributed by atoms with Crippen LogP contribution >= 0.6 is 11.8 Å². The Kier molecular flexibility index (Phi) is 2.77. The van der Waals surface area contributed by atoms with Crippen molar-refractivity contribution in [2.45, 2.75) is 6.92 Å². The summed E-state index contributed by atoms with van der Waals surface area (Å²) in [6.45, 7) is 1.98. The van der Waals surface area contributed by atoms with Gasteiger partial charge >= 0.3 is 0 Å². The van der Waals surface area contributed by atoms with Gasteiger partial charge in [-0.05, 0) is 30.2 Å². The first kappa shape index (κ1) is 10.2. The van der Waals surface area contributed by atoms with Gasteiger partial charge in [-0.2, -0.15) is 0 Å². The maximum absolute atomic E-state index is 11.4. The van der Waals surface area contributed by atoms with Crippen molar-refractivity contribution in [3.8, 4) is 0 Å². The number of amides is 1. The lowest BCUT2D eigenvalue weighted by molar-refractivity contribution is 0.242. The fourth-order valence-electron chi connectivity index (χ4n) is 1.52. The minimum Gasteiger partial charge on any atom is -0.310 e. The van der Waals surface area contributed by atoms with Gasteiger partial charge in [-0.3, -0.25) is 9.78 Å². The molecule has 1 aliphatic rings. The van der Waals surface area contributed by atoms with Gasteiger partial charge < -0.3 is 4.90 Å². The van der Waals surface area contributed by atoms with Crippen molar-refractivity contribution in [2.75, 3.05) is 12.8 Å². The van der Waals surface area contributed by atoms with E-state index in [0.29, 0.717) is 0 Å². The first-order valence-electron chi connectivity index (χ1n) is 4.71. The number of rotatable bonds is 1. The van der Waals surface area contributed by atoms with Crippen molar-refractivity contribution in [2.24, 2.45) is 0 Å². The van der Waals surface area contributed by atoms with Crippen LogP contribution in [0.3, 0.4) is 0 Å². The van der Waals surface area contributed by atoms with Gasteiger partial charge in [-0.25, -0.2) is 0 Å². The third-order valence-electron chi connectivity index (χ3n) is 2.58. The van der Waals surface area contributed by atoms with E-state index in [0.717, 1.165) is 17.0 Å². The largest absolute Gasteiger partial charge is 0.310 e. The summed E-state index contributed by atoms with van der Waals surface area (Å²) in [5.74, 6) is 0.749. The van der Waals surface area contributed by atoms with Crippen molar-refractivity contribution < 1.29 is 4.79 Å². The van der Waals surface area contributed by atoms with Gasteiger partial charge in [0.05, 0.1) is 0 Å². The Hall–Kier alpha value is -1.29. The van der Waals surface area contributed by atoms with E-state index in [1.165, 1.54) is 17.3 Å². The summed E-state index contributed by atoms with van der Waals surface area (Å²) in [4.78, 5) is 17.1. The van der Waals surface area contributed by atoms with E-state index < -0.39 is 0 Å². The quantitative estimate of drug-likeness (QED) is 0.729. The molecule has 0 radical (unpaired) electrons. The van der Waals surface area contributed by atoms with Gasteiger partial charge in [-0.1, -0.05) is 11.8 Å². The zero-order chi connectivity index (χ0) is 10.8. The number of hydrogen-bond acceptors (Lipinski definition) is 3. The summed E-state index contributed by atoms with van der Waals surface area (Å²) in [6.07, 6.45) is 3.55. The summed E-state index contributed by atoms with van der Waals surface area (Å²) in [5.41, 5.74) is 3.39. The second-order valence-electron chi connectivity index (χ2n) is 3.41. The minimum absolute atomic E-state index is 0.116. The van der Waals surface area contributed by atoms with Gasteiger partial charge in [-0.15, -0.1) is 0 Å². The lowest BCUT2D eigenvalue weighted by Crippen LogP contribution is -2.26. The van der Waals surface area contributed by atoms with Crippen molar-refractivity contribution >= 4 is 22.6 Å². The van der Waals surface area contributed by atoms with Crippen LogP contribution in [0.1, 0.15) is 12.5 Å². The molecule has 0 aromatic carbocycles. The van der Waals surface area contributed by atoms with Crippen LogP contribution in [0.15, 0.2) is 30.2 Å². The Morgan fingerprint density at radius 1 is 1.40 bits per heavy atom. The molecule has 3 nitrogen and oxygen atoms in total. The molecule has 2 heterocycles. The van der Waals surface area contributed by atoms with Crippen LogP contribution in [0, 0.1) is 0 Å². The monoisotopic (exact) mass is 220 g/mol. The fourth-order valence-corrected chi connectivity index (χ4v) is 2.49. The van der Waals surface area contributed by atoms with Crippen LogP contribution in [0.5, 0.6) is 0 Å². The second kappa shape index (κ2) is 4.06. The van der Waals surface area contributed by atoms with Crippen LogP contribution in [0.2, 0.25) is 0 Å². The standard InChI is InChI=1S/C11H12N2OS/c1-8-10(7-15-11(14)13(8)2)9-3-5-12-6-4-9/h3-6H,7H2,1-2H3. The maximum Gasteiger partial charge on any atom is 0.285 e. The number of aromatic nitrogens is 1. The fraction of sp³-hybridized carbons (Fsp3) is 0.273. The highest BCUT2D eigenvalue weighted by molar-refractivity contribution is 8.13. The molecule has 0 atom stereocenters. The molecule has 0 unspecified atom stereocenters. The molecule has 0 fully saturated rings. The van der Waals surface area contributed by atoms with Crippen LogP contribution in [-0.2, 0) is 0 Å². The van der Waals surface area contributed by atoms with E-state index in [1.807, 2.05) is 26.1 Å². The highest BCUT2D eigenvalue weighted by atomic mass is 32.2. The third kappa shape index (κ3) is 1.90. The lowest BCUT2D eigenvalue weighted by Gasteiger charge is -2.26. The molecule has 1 aromatic heterocycles. The molecule has 2 rings (SSSR count). The summed E-state index contributed by atoms with van der Waals surface area (Å²) in [7, 11) is 1.81. The van der Waals surface area contributed by atoms with Crippen LogP contribution in [0.25, 0.3) is 5.57 Å². The molecule has 0 saturated heterocycles. The molecule has 15 heavy (non-hydrogen) atoms. The number of pyridine rings is 1. The maximum atomic E-state index is 11.4. The van der Waals surface area contributed by atoms with Gasteiger partial charge in [0, 0.05) is 30.9 Å². The molecular formula is C11H12N2OS. The summed E-state index contributed by atoms with van der Waals surface area (Å²) < 4.78 is 0. The van der Waals surface area contributed by atoms with Crippen molar-refractivity contribution in [3.05, 3.63) is 35.8 Å². The van der Waals surface area contributed by atoms with Gasteiger partial charge in [0.2, 0.25) is 0 Å². The SMILES string of the molecule is CC1=C(c2ccncc2)CSC(=O)N1C. The molecule has 0 N–H and O–H groups in total. The van der Waals surface area contributed by atoms with E-state index in [9.17, 15) is 4.79 Å². The molecule has 1 amide bonds. The highest BCUT2D eigenvalue weighted by Crippen LogP contribution is 2.31. The van der Waals surface area contributed by atoms with Gasteiger partial charge in [0.25, 0.3) is 5.24 Å². The number of carbonyl (C=O) groups excluding carboxylic acids is 1. The van der Waals surface area contributed by atoms with Crippen molar-refractivity contribution in [1.82, 2.24) is 9.88 Å². The van der Waals surface area contributed by atoms with E-state index in [2.05, 4.69) is 4.98 Å². The van der Waals surface area contributed by atoms with Crippen molar-refractivity contribution in [3.63, 3.8) is 0 Å². The average Bonchev–Trinajstić information content (AvgIpc) is 2.27. The Balaban J connectivity index is 2.42. The van der Waals surface area contributed by atoms with Crippen LogP contribution in [-0.4, -0.2) is 27.9 Å².